The predicted molar refractivity (Wildman–Crippen MR) is 94.4 cm³/mol. The number of amides is 1. The van der Waals surface area contributed by atoms with Crippen LogP contribution < -0.4 is 0 Å². The van der Waals surface area contributed by atoms with Crippen molar-refractivity contribution in [1.82, 2.24) is 9.88 Å². The van der Waals surface area contributed by atoms with E-state index in [1.54, 1.807) is 36.9 Å². The summed E-state index contributed by atoms with van der Waals surface area (Å²) in [4.78, 5) is 41.8. The third kappa shape index (κ3) is 3.50. The van der Waals surface area contributed by atoms with Crippen LogP contribution in [0.25, 0.3) is 0 Å². The van der Waals surface area contributed by atoms with Crippen LogP contribution in [0.4, 0.5) is 0 Å². The second-order valence-electron chi connectivity index (χ2n) is 5.88. The maximum Gasteiger partial charge on any atom is 0.355 e. The molecular weight excluding hydrogens is 356 g/mol. The van der Waals surface area contributed by atoms with E-state index in [1.807, 2.05) is 0 Å². The van der Waals surface area contributed by atoms with Crippen LogP contribution in [0.5, 0.6) is 0 Å². The lowest BCUT2D eigenvalue weighted by Crippen LogP contribution is -2.61. The van der Waals surface area contributed by atoms with Gasteiger partial charge >= 0.3 is 11.9 Å². The highest BCUT2D eigenvalue weighted by Gasteiger charge is 2.56. The van der Waals surface area contributed by atoms with Crippen LogP contribution in [-0.2, 0) is 30.3 Å². The highest BCUT2D eigenvalue weighted by atomic mass is 32.2. The van der Waals surface area contributed by atoms with E-state index in [-0.39, 0.29) is 30.0 Å². The van der Waals surface area contributed by atoms with Gasteiger partial charge in [0.25, 0.3) is 0 Å². The van der Waals surface area contributed by atoms with E-state index in [9.17, 15) is 14.4 Å². The first-order valence-corrected chi connectivity index (χ1v) is 9.02. The molecule has 7 nitrogen and oxygen atoms in total. The molecule has 3 heterocycles. The Hall–Kier alpha value is -2.61. The highest BCUT2D eigenvalue weighted by molar-refractivity contribution is 8.03. The van der Waals surface area contributed by atoms with E-state index in [4.69, 9.17) is 9.47 Å². The standard InChI is InChI=1S/C18H18N2O5S/c1-3-7-24-18(23)13-10-26-17-15(16(22)20(13)17)11(2)25-14(21)8-12-5-4-6-19-9-12/h3-6,9-11,15,17H,1,7-8H2,2H3/t11-,15+,17+/m1/s1. The number of pyridine rings is 1. The Morgan fingerprint density at radius 3 is 3.00 bits per heavy atom. The first kappa shape index (κ1) is 18.2. The van der Waals surface area contributed by atoms with Gasteiger partial charge in [0, 0.05) is 17.8 Å². The third-order valence-electron chi connectivity index (χ3n) is 4.10. The zero-order valence-electron chi connectivity index (χ0n) is 14.2. The van der Waals surface area contributed by atoms with Crippen molar-refractivity contribution in [1.29, 1.82) is 0 Å². The fourth-order valence-corrected chi connectivity index (χ4v) is 4.18. The van der Waals surface area contributed by atoms with Crippen molar-refractivity contribution in [3.05, 3.63) is 53.8 Å². The quantitative estimate of drug-likeness (QED) is 0.407. The van der Waals surface area contributed by atoms with Crippen molar-refractivity contribution in [3.8, 4) is 0 Å². The fraction of sp³-hybridized carbons (Fsp3) is 0.333. The van der Waals surface area contributed by atoms with E-state index in [1.165, 1.54) is 22.7 Å². The molecule has 1 aromatic rings. The lowest BCUT2D eigenvalue weighted by atomic mass is 9.92. The third-order valence-corrected chi connectivity index (χ3v) is 5.24. The Morgan fingerprint density at radius 1 is 1.50 bits per heavy atom. The number of hydrogen-bond donors (Lipinski definition) is 0. The number of fused-ring (bicyclic) bond motifs is 1. The fourth-order valence-electron chi connectivity index (χ4n) is 2.86. The Morgan fingerprint density at radius 2 is 2.31 bits per heavy atom. The van der Waals surface area contributed by atoms with Crippen LogP contribution in [0.3, 0.4) is 0 Å². The van der Waals surface area contributed by atoms with Gasteiger partial charge < -0.3 is 9.47 Å². The molecule has 0 aromatic carbocycles. The number of ether oxygens (including phenoxy) is 2. The molecule has 0 aliphatic carbocycles. The number of aromatic nitrogens is 1. The predicted octanol–water partition coefficient (Wildman–Crippen LogP) is 1.66. The van der Waals surface area contributed by atoms with Crippen LogP contribution in [0.15, 0.2) is 48.3 Å². The van der Waals surface area contributed by atoms with Crippen molar-refractivity contribution < 1.29 is 23.9 Å². The Kier molecular flexibility index (Phi) is 5.41. The zero-order valence-corrected chi connectivity index (χ0v) is 15.0. The molecule has 8 heteroatoms. The maximum absolute atomic E-state index is 12.5. The van der Waals surface area contributed by atoms with E-state index in [2.05, 4.69) is 11.6 Å². The minimum Gasteiger partial charge on any atom is -0.461 e. The second kappa shape index (κ2) is 7.74. The molecule has 0 spiro atoms. The van der Waals surface area contributed by atoms with E-state index in [0.717, 1.165) is 5.56 Å². The van der Waals surface area contributed by atoms with Gasteiger partial charge in [-0.05, 0) is 18.6 Å². The smallest absolute Gasteiger partial charge is 0.355 e. The minimum atomic E-state index is -0.586. The molecule has 0 N–H and O–H groups in total. The number of thioether (sulfide) groups is 1. The summed E-state index contributed by atoms with van der Waals surface area (Å²) in [6, 6.07) is 3.53. The molecule has 1 aromatic heterocycles. The summed E-state index contributed by atoms with van der Waals surface area (Å²) in [6.07, 6.45) is 4.19. The van der Waals surface area contributed by atoms with Gasteiger partial charge in [0.05, 0.1) is 6.42 Å². The largest absolute Gasteiger partial charge is 0.461 e. The molecule has 0 unspecified atom stereocenters. The van der Waals surface area contributed by atoms with Crippen LogP contribution in [-0.4, -0.2) is 45.8 Å². The number of nitrogens with zero attached hydrogens (tertiary/aromatic N) is 2. The van der Waals surface area contributed by atoms with Crippen molar-refractivity contribution in [2.45, 2.75) is 24.8 Å². The first-order valence-electron chi connectivity index (χ1n) is 8.08. The monoisotopic (exact) mass is 374 g/mol. The lowest BCUT2D eigenvalue weighted by molar-refractivity contribution is -0.166. The Bertz CT molecular complexity index is 764. The molecule has 3 rings (SSSR count). The van der Waals surface area contributed by atoms with E-state index < -0.39 is 24.0 Å². The Balaban J connectivity index is 1.55. The van der Waals surface area contributed by atoms with Gasteiger partial charge in [-0.15, -0.1) is 11.8 Å². The molecule has 2 aliphatic heterocycles. The highest BCUT2D eigenvalue weighted by Crippen LogP contribution is 2.46. The average Bonchev–Trinajstić information content (AvgIpc) is 2.99. The van der Waals surface area contributed by atoms with Gasteiger partial charge in [-0.2, -0.15) is 0 Å². The zero-order chi connectivity index (χ0) is 18.7. The van der Waals surface area contributed by atoms with Crippen molar-refractivity contribution in [2.75, 3.05) is 6.61 Å². The van der Waals surface area contributed by atoms with Crippen molar-refractivity contribution >= 4 is 29.6 Å². The summed E-state index contributed by atoms with van der Waals surface area (Å²) in [5, 5.41) is 1.35. The van der Waals surface area contributed by atoms with Crippen LogP contribution in [0.2, 0.25) is 0 Å². The number of β-lactam (4-membered cyclic amide) rings is 1. The second-order valence-corrected chi connectivity index (χ2v) is 6.87. The molecule has 26 heavy (non-hydrogen) atoms. The van der Waals surface area contributed by atoms with Gasteiger partial charge in [0.1, 0.15) is 29.7 Å². The van der Waals surface area contributed by atoms with Crippen molar-refractivity contribution in [3.63, 3.8) is 0 Å². The molecule has 0 saturated carbocycles. The molecule has 3 atom stereocenters. The Labute approximate surface area is 155 Å². The normalized spacial score (nSPS) is 22.0. The topological polar surface area (TPSA) is 85.8 Å². The summed E-state index contributed by atoms with van der Waals surface area (Å²) in [6.45, 7) is 5.25. The molecule has 2 aliphatic rings. The SMILES string of the molecule is C=CCOC(=O)C1=CS[C@H]2[C@@H]([C@@H](C)OC(=O)Cc3cccnc3)C(=O)N12. The molecule has 0 bridgehead atoms. The van der Waals surface area contributed by atoms with Crippen LogP contribution >= 0.6 is 11.8 Å². The molecule has 1 saturated heterocycles. The summed E-state index contributed by atoms with van der Waals surface area (Å²) in [5.74, 6) is -1.71. The molecule has 0 radical (unpaired) electrons. The first-order chi connectivity index (χ1) is 12.5. The molecule has 1 fully saturated rings. The van der Waals surface area contributed by atoms with Gasteiger partial charge in [-0.1, -0.05) is 18.7 Å². The van der Waals surface area contributed by atoms with Crippen LogP contribution in [0, 0.1) is 5.92 Å². The van der Waals surface area contributed by atoms with Gasteiger partial charge in [-0.3, -0.25) is 19.5 Å². The molecule has 136 valence electrons. The van der Waals surface area contributed by atoms with E-state index in [0.29, 0.717) is 0 Å². The van der Waals surface area contributed by atoms with Crippen molar-refractivity contribution in [2.24, 2.45) is 5.92 Å². The summed E-state index contributed by atoms with van der Waals surface area (Å²) in [7, 11) is 0. The number of hydrogen-bond acceptors (Lipinski definition) is 7. The number of rotatable bonds is 7. The van der Waals surface area contributed by atoms with Gasteiger partial charge in [-0.25, -0.2) is 4.79 Å². The van der Waals surface area contributed by atoms with Crippen LogP contribution in [0.1, 0.15) is 12.5 Å². The average molecular weight is 374 g/mol. The number of carbonyl (C=O) groups excluding carboxylic acids is 3. The van der Waals surface area contributed by atoms with E-state index >= 15 is 0 Å². The lowest BCUT2D eigenvalue weighted by Gasteiger charge is -2.44. The summed E-state index contributed by atoms with van der Waals surface area (Å²) < 4.78 is 10.4. The number of carbonyl (C=O) groups is 3. The maximum atomic E-state index is 12.5. The number of esters is 2. The van der Waals surface area contributed by atoms with Gasteiger partial charge in [0.15, 0.2) is 0 Å². The summed E-state index contributed by atoms with van der Waals surface area (Å²) >= 11 is 1.35. The molecular formula is C18H18N2O5S. The summed E-state index contributed by atoms with van der Waals surface area (Å²) in [5.41, 5.74) is 0.965. The minimum absolute atomic E-state index is 0.0827. The van der Waals surface area contributed by atoms with Gasteiger partial charge in [0.2, 0.25) is 5.91 Å². The molecule has 1 amide bonds.